The molecular formula is C31H30N6O4. The first-order valence-corrected chi connectivity index (χ1v) is 14.1. The molecule has 2 N–H and O–H groups in total. The van der Waals surface area contributed by atoms with Gasteiger partial charge in [-0.2, -0.15) is 5.10 Å². The van der Waals surface area contributed by atoms with E-state index in [1.807, 2.05) is 35.0 Å². The van der Waals surface area contributed by atoms with E-state index in [2.05, 4.69) is 20.6 Å². The molecule has 10 nitrogen and oxygen atoms in total. The number of carbonyl (C=O) groups is 2. The lowest BCUT2D eigenvalue weighted by Crippen LogP contribution is -2.57. The van der Waals surface area contributed by atoms with Crippen molar-refractivity contribution in [3.8, 4) is 5.82 Å². The van der Waals surface area contributed by atoms with E-state index in [9.17, 15) is 9.59 Å². The molecule has 41 heavy (non-hydrogen) atoms. The van der Waals surface area contributed by atoms with Gasteiger partial charge in [-0.15, -0.1) is 0 Å². The molecule has 7 rings (SSSR count). The molecule has 208 valence electrons. The van der Waals surface area contributed by atoms with Gasteiger partial charge in [-0.25, -0.2) is 14.6 Å². The molecule has 3 aromatic heterocycles. The Hall–Kier alpha value is -4.57. The van der Waals surface area contributed by atoms with Gasteiger partial charge < -0.3 is 19.8 Å². The fourth-order valence-electron chi connectivity index (χ4n) is 6.05. The number of rotatable bonds is 6. The van der Waals surface area contributed by atoms with E-state index < -0.39 is 5.54 Å². The number of nitrogens with zero attached hydrogens (tertiary/aromatic N) is 4. The minimum Gasteiger partial charge on any atom is -0.443 e. The average molecular weight is 551 g/mol. The van der Waals surface area contributed by atoms with E-state index in [4.69, 9.17) is 14.3 Å². The lowest BCUT2D eigenvalue weighted by molar-refractivity contribution is -0.122. The lowest BCUT2D eigenvalue weighted by Gasteiger charge is -2.27. The number of amides is 2. The number of hydrogen-bond donors (Lipinski definition) is 2. The van der Waals surface area contributed by atoms with Crippen LogP contribution in [0.15, 0.2) is 71.6 Å². The molecule has 2 amide bonds. The summed E-state index contributed by atoms with van der Waals surface area (Å²) in [6, 6.07) is 16.6. The summed E-state index contributed by atoms with van der Waals surface area (Å²) in [5, 5.41) is 11.9. The van der Waals surface area contributed by atoms with Crippen molar-refractivity contribution in [2.24, 2.45) is 0 Å². The smallest absolute Gasteiger partial charge is 0.252 e. The zero-order valence-electron chi connectivity index (χ0n) is 22.5. The van der Waals surface area contributed by atoms with E-state index in [1.54, 1.807) is 30.5 Å². The van der Waals surface area contributed by atoms with E-state index in [1.165, 1.54) is 25.7 Å². The number of hydrogen-bond acceptors (Lipinski definition) is 7. The Bertz CT molecular complexity index is 1730. The van der Waals surface area contributed by atoms with Crippen LogP contribution in [-0.4, -0.2) is 50.3 Å². The van der Waals surface area contributed by atoms with Gasteiger partial charge in [0.2, 0.25) is 0 Å². The highest BCUT2D eigenvalue weighted by atomic mass is 16.5. The van der Waals surface area contributed by atoms with Gasteiger partial charge >= 0.3 is 0 Å². The summed E-state index contributed by atoms with van der Waals surface area (Å²) in [4.78, 5) is 35.8. The molecule has 0 radical (unpaired) electrons. The molecule has 1 atom stereocenters. The highest BCUT2D eigenvalue weighted by molar-refractivity contribution is 6.05. The predicted octanol–water partition coefficient (Wildman–Crippen LogP) is 5.14. The Morgan fingerprint density at radius 2 is 1.88 bits per heavy atom. The molecule has 2 aliphatic rings. The zero-order chi connectivity index (χ0) is 27.8. The summed E-state index contributed by atoms with van der Waals surface area (Å²) in [5.41, 5.74) is 2.93. The second-order valence-corrected chi connectivity index (χ2v) is 10.9. The molecule has 10 heteroatoms. The van der Waals surface area contributed by atoms with E-state index in [0.29, 0.717) is 41.3 Å². The van der Waals surface area contributed by atoms with E-state index in [-0.39, 0.29) is 18.4 Å². The van der Waals surface area contributed by atoms with Crippen molar-refractivity contribution in [2.45, 2.75) is 50.0 Å². The van der Waals surface area contributed by atoms with Crippen molar-refractivity contribution in [3.63, 3.8) is 0 Å². The van der Waals surface area contributed by atoms with Gasteiger partial charge in [-0.1, -0.05) is 31.4 Å². The van der Waals surface area contributed by atoms with Crippen molar-refractivity contribution < 1.29 is 18.7 Å². The maximum Gasteiger partial charge on any atom is 0.252 e. The summed E-state index contributed by atoms with van der Waals surface area (Å²) in [6.45, 7) is 0.452. The third-order valence-corrected chi connectivity index (χ3v) is 8.23. The number of pyridine rings is 1. The second kappa shape index (κ2) is 10.4. The van der Waals surface area contributed by atoms with Crippen LogP contribution in [0.2, 0.25) is 0 Å². The van der Waals surface area contributed by atoms with Gasteiger partial charge in [-0.05, 0) is 55.3 Å². The summed E-state index contributed by atoms with van der Waals surface area (Å²) in [6.07, 6.45) is 9.34. The predicted molar refractivity (Wildman–Crippen MR) is 153 cm³/mol. The number of fused-ring (bicyclic) bond motifs is 2. The fourth-order valence-corrected chi connectivity index (χ4v) is 6.05. The van der Waals surface area contributed by atoms with Crippen LogP contribution in [-0.2, 0) is 9.53 Å². The average Bonchev–Trinajstić information content (AvgIpc) is 3.76. The standard InChI is InChI=1S/C31H30N6O4/c38-29(35-31(13-15-40-18-31)30(39)34-22-10-12-26-25(17-22)33-19-41-26)21-9-11-23-24(16-21)36-37(27-8-4-5-14-32-27)28(23)20-6-2-1-3-7-20/h4-5,8-12,14,16-17,19-20H,1-3,6-7,13,15,18H2,(H,34,39)(H,35,38)/t31-/m1/s1. The van der Waals surface area contributed by atoms with Crippen LogP contribution in [0.4, 0.5) is 5.69 Å². The molecule has 0 unspecified atom stereocenters. The van der Waals surface area contributed by atoms with Crippen molar-refractivity contribution in [3.05, 3.63) is 78.4 Å². The molecular weight excluding hydrogens is 520 g/mol. The monoisotopic (exact) mass is 550 g/mol. The molecule has 2 fully saturated rings. The summed E-state index contributed by atoms with van der Waals surface area (Å²) >= 11 is 0. The van der Waals surface area contributed by atoms with Crippen LogP contribution >= 0.6 is 0 Å². The van der Waals surface area contributed by atoms with Crippen LogP contribution in [0, 0.1) is 0 Å². The maximum atomic E-state index is 13.6. The Balaban J connectivity index is 1.18. The summed E-state index contributed by atoms with van der Waals surface area (Å²) in [7, 11) is 0. The Morgan fingerprint density at radius 1 is 0.976 bits per heavy atom. The number of aromatic nitrogens is 4. The Kier molecular flexibility index (Phi) is 6.47. The second-order valence-electron chi connectivity index (χ2n) is 10.9. The fraction of sp³-hybridized carbons (Fsp3) is 0.323. The first-order valence-electron chi connectivity index (χ1n) is 14.1. The van der Waals surface area contributed by atoms with Crippen molar-refractivity contribution in [1.29, 1.82) is 0 Å². The summed E-state index contributed by atoms with van der Waals surface area (Å²) < 4.78 is 12.8. The number of nitrogens with one attached hydrogen (secondary N) is 2. The third kappa shape index (κ3) is 4.74. The van der Waals surface area contributed by atoms with Crippen LogP contribution in [0.3, 0.4) is 0 Å². The quantitative estimate of drug-likeness (QED) is 0.300. The molecule has 1 aliphatic carbocycles. The molecule has 2 aromatic carbocycles. The van der Waals surface area contributed by atoms with Gasteiger partial charge in [-0.3, -0.25) is 9.59 Å². The van der Waals surface area contributed by atoms with Gasteiger partial charge in [0.15, 0.2) is 17.8 Å². The van der Waals surface area contributed by atoms with Crippen LogP contribution in [0.25, 0.3) is 27.8 Å². The van der Waals surface area contributed by atoms with Crippen LogP contribution in [0.1, 0.15) is 60.5 Å². The number of oxazole rings is 1. The van der Waals surface area contributed by atoms with Gasteiger partial charge in [0.1, 0.15) is 11.1 Å². The largest absolute Gasteiger partial charge is 0.443 e. The van der Waals surface area contributed by atoms with Crippen molar-refractivity contribution in [2.75, 3.05) is 18.5 Å². The maximum absolute atomic E-state index is 13.6. The lowest BCUT2D eigenvalue weighted by atomic mass is 9.85. The topological polar surface area (TPSA) is 124 Å². The summed E-state index contributed by atoms with van der Waals surface area (Å²) in [5.74, 6) is 0.449. The number of anilines is 1. The van der Waals surface area contributed by atoms with Crippen LogP contribution < -0.4 is 10.6 Å². The molecule has 4 heterocycles. The van der Waals surface area contributed by atoms with E-state index >= 15 is 0 Å². The number of benzene rings is 2. The minimum atomic E-state index is -1.20. The Morgan fingerprint density at radius 3 is 2.68 bits per heavy atom. The number of carbonyl (C=O) groups excluding carboxylic acids is 2. The molecule has 1 aliphatic heterocycles. The van der Waals surface area contributed by atoms with Gasteiger partial charge in [0.25, 0.3) is 11.8 Å². The first-order chi connectivity index (χ1) is 20.1. The Labute approximate surface area is 236 Å². The first kappa shape index (κ1) is 25.4. The highest BCUT2D eigenvalue weighted by Gasteiger charge is 2.44. The van der Waals surface area contributed by atoms with Gasteiger partial charge in [0.05, 0.1) is 17.8 Å². The third-order valence-electron chi connectivity index (χ3n) is 8.23. The van der Waals surface area contributed by atoms with Crippen molar-refractivity contribution >= 4 is 39.5 Å². The van der Waals surface area contributed by atoms with E-state index in [0.717, 1.165) is 35.3 Å². The van der Waals surface area contributed by atoms with Crippen molar-refractivity contribution in [1.82, 2.24) is 25.1 Å². The number of ether oxygens (including phenoxy) is 1. The molecule has 1 saturated heterocycles. The molecule has 0 spiro atoms. The minimum absolute atomic E-state index is 0.0825. The van der Waals surface area contributed by atoms with Gasteiger partial charge in [0, 0.05) is 41.8 Å². The highest BCUT2D eigenvalue weighted by Crippen LogP contribution is 2.38. The molecule has 5 aromatic rings. The zero-order valence-corrected chi connectivity index (χ0v) is 22.5. The molecule has 0 bridgehead atoms. The van der Waals surface area contributed by atoms with Crippen LogP contribution in [0.5, 0.6) is 0 Å². The molecule has 1 saturated carbocycles. The normalized spacial score (nSPS) is 19.5. The SMILES string of the molecule is O=C(N[C@]1(C(=O)Nc2ccc3ocnc3c2)CCOC1)c1ccc2c(C3CCCCC3)n(-c3ccccn3)nc2c1.